The van der Waals surface area contributed by atoms with Gasteiger partial charge in [0, 0.05) is 29.9 Å². The van der Waals surface area contributed by atoms with Gasteiger partial charge in [-0.2, -0.15) is 0 Å². The second-order valence-corrected chi connectivity index (χ2v) is 5.63. The lowest BCUT2D eigenvalue weighted by Gasteiger charge is -2.39. The van der Waals surface area contributed by atoms with Gasteiger partial charge in [-0.15, -0.1) is 0 Å². The molecule has 0 aliphatic carbocycles. The first-order valence-corrected chi connectivity index (χ1v) is 6.81. The predicted molar refractivity (Wildman–Crippen MR) is 74.2 cm³/mol. The third kappa shape index (κ3) is 2.51. The fraction of sp³-hybridized carbons (Fsp3) is 0.600. The Balaban J connectivity index is 2.36. The van der Waals surface area contributed by atoms with Crippen LogP contribution in [0, 0.1) is 11.7 Å². The molecule has 18 heavy (non-hydrogen) atoms. The summed E-state index contributed by atoms with van der Waals surface area (Å²) < 4.78 is 14.0. The molecule has 2 rings (SSSR count). The van der Waals surface area contributed by atoms with Gasteiger partial charge in [-0.1, -0.05) is 13.0 Å². The van der Waals surface area contributed by atoms with Crippen LogP contribution in [0.3, 0.4) is 0 Å². The Labute approximate surface area is 109 Å². The molecule has 1 saturated heterocycles. The number of hydrogen-bond acceptors (Lipinski definition) is 2. The first-order chi connectivity index (χ1) is 8.50. The van der Waals surface area contributed by atoms with Crippen molar-refractivity contribution in [1.29, 1.82) is 0 Å². The zero-order valence-electron chi connectivity index (χ0n) is 11.5. The van der Waals surface area contributed by atoms with Gasteiger partial charge in [-0.05, 0) is 44.7 Å². The molecule has 1 aromatic rings. The van der Waals surface area contributed by atoms with Crippen molar-refractivity contribution in [1.82, 2.24) is 0 Å². The first kappa shape index (κ1) is 13.3. The van der Waals surface area contributed by atoms with Gasteiger partial charge >= 0.3 is 0 Å². The molecule has 1 aromatic carbocycles. The molecule has 2 N–H and O–H groups in total. The number of piperidine rings is 1. The number of nitrogens with zero attached hydrogens (tertiary/aromatic N) is 1. The molecule has 1 heterocycles. The Morgan fingerprint density at radius 3 is 2.72 bits per heavy atom. The minimum atomic E-state index is -0.271. The number of hydrogen-bond donors (Lipinski definition) is 1. The lowest BCUT2D eigenvalue weighted by atomic mass is 9.92. The minimum Gasteiger partial charge on any atom is -0.368 e. The summed E-state index contributed by atoms with van der Waals surface area (Å²) in [7, 11) is 0. The summed E-state index contributed by atoms with van der Waals surface area (Å²) in [5, 5.41) is 0. The minimum absolute atomic E-state index is 0.187. The fourth-order valence-corrected chi connectivity index (χ4v) is 2.99. The second-order valence-electron chi connectivity index (χ2n) is 5.63. The molecule has 0 bridgehead atoms. The van der Waals surface area contributed by atoms with Gasteiger partial charge in [0.25, 0.3) is 0 Å². The predicted octanol–water partition coefficient (Wildman–Crippen LogP) is 3.47. The number of rotatable bonds is 2. The van der Waals surface area contributed by atoms with Crippen molar-refractivity contribution < 1.29 is 4.39 Å². The van der Waals surface area contributed by atoms with Crippen molar-refractivity contribution in [2.75, 3.05) is 11.4 Å². The summed E-state index contributed by atoms with van der Waals surface area (Å²) in [6, 6.07) is 5.45. The van der Waals surface area contributed by atoms with Crippen LogP contribution in [0.15, 0.2) is 18.2 Å². The van der Waals surface area contributed by atoms with Crippen molar-refractivity contribution in [3.8, 4) is 0 Å². The normalized spacial score (nSPS) is 26.2. The SMILES string of the molecule is CC1CCN(c2cccc(F)c2[C@@H](C)N)C(C)C1. The lowest BCUT2D eigenvalue weighted by Crippen LogP contribution is -2.41. The highest BCUT2D eigenvalue weighted by Crippen LogP contribution is 2.33. The van der Waals surface area contributed by atoms with Gasteiger partial charge < -0.3 is 10.6 Å². The summed E-state index contributed by atoms with van der Waals surface area (Å²) in [5.74, 6) is 0.567. The largest absolute Gasteiger partial charge is 0.368 e. The summed E-state index contributed by atoms with van der Waals surface area (Å²) >= 11 is 0. The average Bonchev–Trinajstić information content (AvgIpc) is 2.28. The topological polar surface area (TPSA) is 29.3 Å². The van der Waals surface area contributed by atoms with E-state index < -0.39 is 0 Å². The summed E-state index contributed by atoms with van der Waals surface area (Å²) in [6.07, 6.45) is 2.33. The van der Waals surface area contributed by atoms with Crippen molar-refractivity contribution in [2.45, 2.75) is 45.7 Å². The Hall–Kier alpha value is -1.09. The molecule has 3 atom stereocenters. The summed E-state index contributed by atoms with van der Waals surface area (Å²) in [6.45, 7) is 7.34. The Kier molecular flexibility index (Phi) is 3.91. The van der Waals surface area contributed by atoms with E-state index in [4.69, 9.17) is 5.73 Å². The van der Waals surface area contributed by atoms with Gasteiger partial charge in [-0.25, -0.2) is 4.39 Å². The fourth-order valence-electron chi connectivity index (χ4n) is 2.99. The molecule has 0 radical (unpaired) electrons. The van der Waals surface area contributed by atoms with E-state index in [0.29, 0.717) is 11.6 Å². The van der Waals surface area contributed by atoms with E-state index in [2.05, 4.69) is 18.7 Å². The second kappa shape index (κ2) is 5.27. The van der Waals surface area contributed by atoms with Crippen molar-refractivity contribution in [2.24, 2.45) is 11.7 Å². The number of halogens is 1. The van der Waals surface area contributed by atoms with Crippen molar-refractivity contribution >= 4 is 5.69 Å². The van der Waals surface area contributed by atoms with Gasteiger partial charge in [0.2, 0.25) is 0 Å². The van der Waals surface area contributed by atoms with E-state index >= 15 is 0 Å². The summed E-state index contributed by atoms with van der Waals surface area (Å²) in [5.41, 5.74) is 7.56. The maximum absolute atomic E-state index is 14.0. The highest BCUT2D eigenvalue weighted by atomic mass is 19.1. The number of benzene rings is 1. The van der Waals surface area contributed by atoms with E-state index in [1.165, 1.54) is 12.5 Å². The third-order valence-electron chi connectivity index (χ3n) is 3.93. The van der Waals surface area contributed by atoms with E-state index in [-0.39, 0.29) is 11.9 Å². The molecular formula is C15H23FN2. The van der Waals surface area contributed by atoms with E-state index in [9.17, 15) is 4.39 Å². The maximum atomic E-state index is 14.0. The monoisotopic (exact) mass is 250 g/mol. The highest BCUT2D eigenvalue weighted by molar-refractivity contribution is 5.56. The van der Waals surface area contributed by atoms with Gasteiger partial charge in [0.15, 0.2) is 0 Å². The van der Waals surface area contributed by atoms with E-state index in [1.807, 2.05) is 13.0 Å². The van der Waals surface area contributed by atoms with Crippen LogP contribution in [0.4, 0.5) is 10.1 Å². The van der Waals surface area contributed by atoms with Crippen LogP contribution in [0.25, 0.3) is 0 Å². The smallest absolute Gasteiger partial charge is 0.130 e. The Bertz CT molecular complexity index is 417. The van der Waals surface area contributed by atoms with Crippen LogP contribution in [-0.2, 0) is 0 Å². The lowest BCUT2D eigenvalue weighted by molar-refractivity contribution is 0.376. The molecule has 2 unspecified atom stereocenters. The Morgan fingerprint density at radius 1 is 1.39 bits per heavy atom. The molecule has 1 fully saturated rings. The zero-order chi connectivity index (χ0) is 13.3. The zero-order valence-corrected chi connectivity index (χ0v) is 11.5. The molecule has 0 amide bonds. The van der Waals surface area contributed by atoms with E-state index in [1.54, 1.807) is 6.07 Å². The molecular weight excluding hydrogens is 227 g/mol. The van der Waals surface area contributed by atoms with Crippen LogP contribution >= 0.6 is 0 Å². The average molecular weight is 250 g/mol. The maximum Gasteiger partial charge on any atom is 0.130 e. The van der Waals surface area contributed by atoms with Crippen LogP contribution in [0.1, 0.15) is 45.2 Å². The van der Waals surface area contributed by atoms with Gasteiger partial charge in [0.1, 0.15) is 5.82 Å². The van der Waals surface area contributed by atoms with Gasteiger partial charge in [0.05, 0.1) is 0 Å². The molecule has 2 nitrogen and oxygen atoms in total. The van der Waals surface area contributed by atoms with Crippen LogP contribution in [0.2, 0.25) is 0 Å². The molecule has 0 saturated carbocycles. The molecule has 100 valence electrons. The quantitative estimate of drug-likeness (QED) is 0.871. The molecule has 1 aliphatic heterocycles. The summed E-state index contributed by atoms with van der Waals surface area (Å²) in [4.78, 5) is 2.31. The molecule has 3 heteroatoms. The van der Waals surface area contributed by atoms with Crippen LogP contribution in [0.5, 0.6) is 0 Å². The number of anilines is 1. The molecule has 0 spiro atoms. The van der Waals surface area contributed by atoms with Gasteiger partial charge in [-0.3, -0.25) is 0 Å². The molecule has 1 aliphatic rings. The third-order valence-corrected chi connectivity index (χ3v) is 3.93. The first-order valence-electron chi connectivity index (χ1n) is 6.81. The van der Waals surface area contributed by atoms with Crippen LogP contribution in [-0.4, -0.2) is 12.6 Å². The van der Waals surface area contributed by atoms with Crippen LogP contribution < -0.4 is 10.6 Å². The number of nitrogens with two attached hydrogens (primary N) is 1. The van der Waals surface area contributed by atoms with Crippen molar-refractivity contribution in [3.05, 3.63) is 29.6 Å². The standard InChI is InChI=1S/C15H23FN2/c1-10-7-8-18(11(2)9-10)14-6-4-5-13(16)15(14)12(3)17/h4-6,10-12H,7-9,17H2,1-3H3/t10?,11?,12-/m1/s1. The Morgan fingerprint density at radius 2 is 2.11 bits per heavy atom. The highest BCUT2D eigenvalue weighted by Gasteiger charge is 2.26. The molecule has 0 aromatic heterocycles. The van der Waals surface area contributed by atoms with E-state index in [0.717, 1.165) is 24.6 Å². The van der Waals surface area contributed by atoms with Crippen molar-refractivity contribution in [3.63, 3.8) is 0 Å².